The maximum Gasteiger partial charge on any atom is 0.320 e. The van der Waals surface area contributed by atoms with E-state index in [0.29, 0.717) is 43.9 Å². The summed E-state index contributed by atoms with van der Waals surface area (Å²) >= 11 is 1.46. The molecule has 3 aromatic heterocycles. The molecule has 1 saturated carbocycles. The molecule has 1 spiro atoms. The molecular weight excluding hydrogens is 867 g/mol. The maximum absolute atomic E-state index is 15.0. The Labute approximate surface area is 399 Å². The van der Waals surface area contributed by atoms with E-state index in [1.165, 1.54) is 11.3 Å². The minimum absolute atomic E-state index is 0.0590. The van der Waals surface area contributed by atoms with Crippen molar-refractivity contribution in [2.75, 3.05) is 54.5 Å². The summed E-state index contributed by atoms with van der Waals surface area (Å²) in [4.78, 5) is 73.7. The summed E-state index contributed by atoms with van der Waals surface area (Å²) in [5.41, 5.74) is 9.25. The zero-order chi connectivity index (χ0) is 47.9. The number of hydrogen-bond acceptors (Lipinski definition) is 11. The fourth-order valence-corrected chi connectivity index (χ4v) is 11.7. The Morgan fingerprint density at radius 2 is 1.84 bits per heavy atom. The van der Waals surface area contributed by atoms with Crippen LogP contribution in [0, 0.1) is 17.3 Å². The number of urea groups is 1. The van der Waals surface area contributed by atoms with Crippen LogP contribution in [0.2, 0.25) is 0 Å². The molecule has 0 radical (unpaired) electrons. The third kappa shape index (κ3) is 9.86. The summed E-state index contributed by atoms with van der Waals surface area (Å²) in [5.74, 6) is -1.65. The van der Waals surface area contributed by atoms with Gasteiger partial charge in [-0.2, -0.15) is 0 Å². The number of fused-ring (bicyclic) bond motifs is 5. The van der Waals surface area contributed by atoms with E-state index in [9.17, 15) is 19.2 Å². The van der Waals surface area contributed by atoms with Gasteiger partial charge in [-0.15, -0.1) is 11.3 Å². The van der Waals surface area contributed by atoms with Gasteiger partial charge in [-0.3, -0.25) is 24.4 Å². The highest BCUT2D eigenvalue weighted by Crippen LogP contribution is 2.47. The first-order valence-electron chi connectivity index (χ1n) is 24.3. The lowest BCUT2D eigenvalue weighted by molar-refractivity contribution is -0.154. The number of aryl methyl sites for hydroxylation is 1. The quantitative estimate of drug-likeness (QED) is 0.158. The molecule has 4 amide bonds. The normalized spacial score (nSPS) is 22.7. The average molecular weight is 938 g/mol. The second-order valence-electron chi connectivity index (χ2n) is 20.7. The molecule has 1 aliphatic carbocycles. The number of methoxy groups -OCH3 is 1. The number of rotatable bonds is 10. The van der Waals surface area contributed by atoms with Gasteiger partial charge in [-0.05, 0) is 109 Å². The Balaban J connectivity index is 1.19. The molecule has 2 saturated heterocycles. The van der Waals surface area contributed by atoms with Crippen LogP contribution in [0.15, 0.2) is 41.9 Å². The van der Waals surface area contributed by atoms with Crippen molar-refractivity contribution in [2.45, 2.75) is 129 Å². The number of pyridine rings is 1. The smallest absolute Gasteiger partial charge is 0.320 e. The van der Waals surface area contributed by atoms with Gasteiger partial charge in [0.25, 0.3) is 5.91 Å². The largest absolute Gasteiger partial charge is 0.465 e. The van der Waals surface area contributed by atoms with E-state index in [1.807, 2.05) is 57.4 Å². The number of aromatic nitrogens is 3. The lowest BCUT2D eigenvalue weighted by atomic mass is 9.84. The molecule has 16 heteroatoms. The molecule has 6 heterocycles. The number of thiazole rings is 1. The van der Waals surface area contributed by atoms with E-state index in [2.05, 4.69) is 65.2 Å². The van der Waals surface area contributed by atoms with E-state index in [1.54, 1.807) is 24.1 Å². The fourth-order valence-electron chi connectivity index (χ4n) is 10.9. The molecule has 8 rings (SSSR count). The Hall–Kier alpha value is -4.90. The van der Waals surface area contributed by atoms with Gasteiger partial charge < -0.3 is 34.1 Å². The molecule has 6 bridgehead atoms. The van der Waals surface area contributed by atoms with Gasteiger partial charge in [-0.1, -0.05) is 33.8 Å². The van der Waals surface area contributed by atoms with Gasteiger partial charge in [0.1, 0.15) is 12.1 Å². The third-order valence-electron chi connectivity index (χ3n) is 14.5. The standard InChI is InChI=1S/C51H71N9O6S/c1-11-58-41-19-18-33-25-36(41)37(45(58)35-16-12-22-52-43(35)32(4)65-10)27-50(5,6)30-66-48(63)38-17-14-24-60(55-51(38)20-21-51)47(62)39(26-42-53-40(33)29-67-42)54-46(61)44(31(2)3)57(9)49(64)59-23-13-15-34(59)28-56(7)8/h12,16,18-19,22,25,29,31-32,34,38-39,44,55H,11,13-15,17,20-21,23-24,26-28,30H2,1-10H3,(H,54,61)/t32-,34?,38-,39-,44-/m0/s1. The maximum atomic E-state index is 15.0. The summed E-state index contributed by atoms with van der Waals surface area (Å²) in [6.45, 7) is 15.0. The van der Waals surface area contributed by atoms with Crippen molar-refractivity contribution in [1.29, 1.82) is 0 Å². The summed E-state index contributed by atoms with van der Waals surface area (Å²) in [7, 11) is 7.41. The van der Waals surface area contributed by atoms with Crippen LogP contribution in [0.4, 0.5) is 4.79 Å². The molecule has 362 valence electrons. The number of esters is 1. The van der Waals surface area contributed by atoms with Crippen LogP contribution < -0.4 is 10.7 Å². The van der Waals surface area contributed by atoms with E-state index in [0.717, 1.165) is 76.9 Å². The molecule has 3 aliphatic heterocycles. The Morgan fingerprint density at radius 1 is 1.07 bits per heavy atom. The zero-order valence-electron chi connectivity index (χ0n) is 41.2. The second-order valence-corrected chi connectivity index (χ2v) is 21.7. The second kappa shape index (κ2) is 19.6. The summed E-state index contributed by atoms with van der Waals surface area (Å²) in [6, 6.07) is 8.58. The van der Waals surface area contributed by atoms with Crippen molar-refractivity contribution in [3.8, 4) is 22.5 Å². The Morgan fingerprint density at radius 3 is 2.54 bits per heavy atom. The monoisotopic (exact) mass is 938 g/mol. The highest BCUT2D eigenvalue weighted by molar-refractivity contribution is 7.10. The van der Waals surface area contributed by atoms with Crippen molar-refractivity contribution < 1.29 is 28.7 Å². The number of carbonyl (C=O) groups is 4. The third-order valence-corrected chi connectivity index (χ3v) is 15.3. The molecule has 1 unspecified atom stereocenters. The first kappa shape index (κ1) is 48.6. The van der Waals surface area contributed by atoms with Crippen LogP contribution >= 0.6 is 11.3 Å². The number of carbonyl (C=O) groups excluding carboxylic acids is 4. The molecular formula is C51H71N9O6S. The highest BCUT2D eigenvalue weighted by atomic mass is 32.1. The molecule has 2 N–H and O–H groups in total. The number of amides is 4. The van der Waals surface area contributed by atoms with Crippen molar-refractivity contribution in [3.05, 3.63) is 58.2 Å². The molecule has 3 fully saturated rings. The van der Waals surface area contributed by atoms with Gasteiger partial charge in [0.05, 0.1) is 46.3 Å². The molecule has 1 aromatic carbocycles. The summed E-state index contributed by atoms with van der Waals surface area (Å²) in [6.07, 6.45) is 6.72. The molecule has 67 heavy (non-hydrogen) atoms. The number of hydrogen-bond donors (Lipinski definition) is 2. The number of nitrogens with one attached hydrogen (secondary N) is 2. The van der Waals surface area contributed by atoms with Crippen molar-refractivity contribution in [1.82, 2.24) is 45.0 Å². The number of ether oxygens (including phenoxy) is 2. The van der Waals surface area contributed by atoms with E-state index in [4.69, 9.17) is 19.4 Å². The van der Waals surface area contributed by atoms with Gasteiger partial charge >= 0.3 is 12.0 Å². The minimum Gasteiger partial charge on any atom is -0.465 e. The van der Waals surface area contributed by atoms with E-state index in [-0.39, 0.29) is 49.0 Å². The number of hydrazine groups is 1. The van der Waals surface area contributed by atoms with Gasteiger partial charge in [0.15, 0.2) is 0 Å². The van der Waals surface area contributed by atoms with Crippen molar-refractivity contribution in [3.63, 3.8) is 0 Å². The molecule has 4 aliphatic rings. The van der Waals surface area contributed by atoms with Crippen LogP contribution in [0.25, 0.3) is 33.4 Å². The lowest BCUT2D eigenvalue weighted by Gasteiger charge is -2.37. The first-order chi connectivity index (χ1) is 32.0. The van der Waals surface area contributed by atoms with Crippen LogP contribution in [-0.4, -0.2) is 136 Å². The number of benzene rings is 1. The summed E-state index contributed by atoms with van der Waals surface area (Å²) < 4.78 is 14.5. The predicted octanol–water partition coefficient (Wildman–Crippen LogP) is 7.09. The van der Waals surface area contributed by atoms with Gasteiger partial charge in [0.2, 0.25) is 5.91 Å². The van der Waals surface area contributed by atoms with Crippen LogP contribution in [0.3, 0.4) is 0 Å². The first-order valence-corrected chi connectivity index (χ1v) is 25.2. The van der Waals surface area contributed by atoms with E-state index < -0.39 is 34.9 Å². The van der Waals surface area contributed by atoms with Crippen LogP contribution in [-0.2, 0) is 43.2 Å². The average Bonchev–Trinajstić information content (AvgIpc) is 3.58. The highest BCUT2D eigenvalue weighted by Gasteiger charge is 2.56. The van der Waals surface area contributed by atoms with E-state index >= 15 is 0 Å². The SMILES string of the molecule is CCn1c(-c2cccnc2[C@H](C)OC)c2c3cc(ccc31)-c1csc(n1)C[C@H](NC(=O)[C@H](C(C)C)N(C)C(=O)N1CCCC1CN(C)C)C(=O)N1CCC[C@@H](C(=O)OCC(C)(C)C2)C2(CC2)N1. The number of likely N-dealkylation sites (tertiary alicyclic amines) is 1. The molecule has 15 nitrogen and oxygen atoms in total. The lowest BCUT2D eigenvalue weighted by Crippen LogP contribution is -2.61. The number of cyclic esters (lactones) is 1. The predicted molar refractivity (Wildman–Crippen MR) is 261 cm³/mol. The Kier molecular flexibility index (Phi) is 14.2. The summed E-state index contributed by atoms with van der Waals surface area (Å²) in [5, 5.41) is 8.57. The zero-order valence-corrected chi connectivity index (χ0v) is 42.0. The number of likely N-dealkylation sites (N-methyl/N-ethyl adjacent to an activating group) is 2. The topological polar surface area (TPSA) is 154 Å². The number of nitrogens with zero attached hydrogens (tertiary/aromatic N) is 7. The Bertz CT molecular complexity index is 2480. The van der Waals surface area contributed by atoms with Crippen molar-refractivity contribution in [2.24, 2.45) is 17.3 Å². The molecule has 5 atom stereocenters. The van der Waals surface area contributed by atoms with Gasteiger partial charge in [-0.25, -0.2) is 15.2 Å². The minimum atomic E-state index is -1.00. The van der Waals surface area contributed by atoms with Gasteiger partial charge in [0, 0.05) is 91.8 Å². The van der Waals surface area contributed by atoms with Crippen LogP contribution in [0.5, 0.6) is 0 Å². The molecule has 4 aromatic rings. The van der Waals surface area contributed by atoms with Crippen LogP contribution in [0.1, 0.15) is 102 Å². The fraction of sp³-hybridized carbons (Fsp3) is 0.608. The van der Waals surface area contributed by atoms with Crippen molar-refractivity contribution >= 4 is 46.1 Å².